The Balaban J connectivity index is 1.42. The lowest BCUT2D eigenvalue weighted by Crippen LogP contribution is -2.81. The summed E-state index contributed by atoms with van der Waals surface area (Å²) >= 11 is 0. The molecule has 0 radical (unpaired) electrons. The fourth-order valence-corrected chi connectivity index (χ4v) is 11.2. The number of carbonyl (C=O) groups excluding carboxylic acids is 8. The van der Waals surface area contributed by atoms with Gasteiger partial charge in [0.1, 0.15) is 47.6 Å². The molecule has 1 amide bonds. The predicted octanol–water partition coefficient (Wildman–Crippen LogP) is 2.45. The van der Waals surface area contributed by atoms with E-state index in [-0.39, 0.29) is 40.9 Å². The maximum absolute atomic E-state index is 15.8. The van der Waals surface area contributed by atoms with Crippen molar-refractivity contribution < 1.29 is 82.5 Å². The Morgan fingerprint density at radius 3 is 2.00 bits per heavy atom. The largest absolute Gasteiger partial charge is 0.547 e. The van der Waals surface area contributed by atoms with Crippen molar-refractivity contribution in [3.63, 3.8) is 0 Å². The van der Waals surface area contributed by atoms with E-state index in [0.29, 0.717) is 0 Å². The number of rotatable bonds is 15. The first-order chi connectivity index (χ1) is 33.0. The number of aliphatic carboxylic acids is 1. The second-order valence-corrected chi connectivity index (χ2v) is 19.3. The van der Waals surface area contributed by atoms with Crippen molar-refractivity contribution in [2.24, 2.45) is 22.7 Å². The van der Waals surface area contributed by atoms with Crippen LogP contribution in [0.3, 0.4) is 0 Å². The third-order valence-electron chi connectivity index (χ3n) is 14.7. The summed E-state index contributed by atoms with van der Waals surface area (Å²) < 4.78 is 30.4. The van der Waals surface area contributed by atoms with Gasteiger partial charge < -0.3 is 54.2 Å². The van der Waals surface area contributed by atoms with Crippen LogP contribution in [0.1, 0.15) is 99.5 Å². The molecule has 1 heterocycles. The minimum absolute atomic E-state index is 0.0245. The van der Waals surface area contributed by atoms with Gasteiger partial charge in [-0.15, -0.1) is 0 Å². The number of aliphatic hydroxyl groups excluding tert-OH is 2. The molecule has 70 heavy (non-hydrogen) atoms. The molecule has 4 N–H and O–H groups in total. The van der Waals surface area contributed by atoms with Gasteiger partial charge in [0, 0.05) is 43.1 Å². The van der Waals surface area contributed by atoms with E-state index in [1.54, 1.807) is 68.4 Å². The normalized spacial score (nSPS) is 29.9. The van der Waals surface area contributed by atoms with E-state index in [1.807, 2.05) is 0 Å². The number of fused-ring (bicyclic) bond motifs is 5. The van der Waals surface area contributed by atoms with Gasteiger partial charge in [-0.3, -0.25) is 24.0 Å². The summed E-state index contributed by atoms with van der Waals surface area (Å²) in [6, 6.07) is 21.7. The summed E-state index contributed by atoms with van der Waals surface area (Å²) in [5.74, 6) is -11.5. The van der Waals surface area contributed by atoms with Crippen molar-refractivity contribution in [1.82, 2.24) is 5.32 Å². The van der Waals surface area contributed by atoms with Gasteiger partial charge in [0.2, 0.25) is 6.10 Å². The van der Waals surface area contributed by atoms with Gasteiger partial charge in [-0.25, -0.2) is 9.59 Å². The Morgan fingerprint density at radius 2 is 1.46 bits per heavy atom. The van der Waals surface area contributed by atoms with E-state index in [0.717, 1.165) is 6.92 Å². The minimum atomic E-state index is -2.46. The molecule has 1 saturated heterocycles. The first kappa shape index (κ1) is 51.3. The molecule has 18 heteroatoms. The number of esters is 4. The third kappa shape index (κ3) is 9.16. The zero-order valence-electron chi connectivity index (χ0n) is 39.4. The highest BCUT2D eigenvalue weighted by atomic mass is 16.6. The van der Waals surface area contributed by atoms with E-state index in [2.05, 4.69) is 5.32 Å². The Morgan fingerprint density at radius 1 is 0.871 bits per heavy atom. The standard InChI is InChI=1S/C52H57NO17/c1-27(54)22-33-39-28(2)35(67-48(64)41(68-38(58)23-34(56)46(61)62)40(30-16-10-7-11-17-30)53-45(60)31-18-12-8-13-19-31)25-52(65,49(39,4)5)44(69-47(63)32-20-14-9-15-21-32)42-50(6,43(33)59)36(57)24-37-51(42,26-66-37)70-29(3)55/h7-21,33-37,40-42,44,56-57,65H,22-26H2,1-6H3,(H,53,60)(H,61,62)/p-1/t33-,34+,35+,36+,37-,40+,41-,42+,44+,50-,51+,52-/m1/s1. The topological polar surface area (TPSA) is 278 Å². The summed E-state index contributed by atoms with van der Waals surface area (Å²) in [7, 11) is 0. The number of benzene rings is 3. The van der Waals surface area contributed by atoms with Crippen LogP contribution in [0, 0.1) is 22.7 Å². The van der Waals surface area contributed by atoms with Crippen LogP contribution in [0.4, 0.5) is 0 Å². The number of ether oxygens (including phenoxy) is 5. The van der Waals surface area contributed by atoms with E-state index < -0.39 is 143 Å². The highest BCUT2D eigenvalue weighted by Crippen LogP contribution is 2.65. The first-order valence-corrected chi connectivity index (χ1v) is 22.9. The van der Waals surface area contributed by atoms with Crippen molar-refractivity contribution >= 4 is 47.3 Å². The smallest absolute Gasteiger partial charge is 0.350 e. The van der Waals surface area contributed by atoms with E-state index in [4.69, 9.17) is 23.7 Å². The number of Topliss-reactive ketones (excluding diaryl/α,β-unsaturated/α-hetero) is 2. The molecule has 2 bridgehead atoms. The molecule has 0 aromatic heterocycles. The minimum Gasteiger partial charge on any atom is -0.547 e. The molecular weight excluding hydrogens is 911 g/mol. The first-order valence-electron chi connectivity index (χ1n) is 22.9. The number of amides is 1. The maximum atomic E-state index is 15.8. The third-order valence-corrected chi connectivity index (χ3v) is 14.7. The highest BCUT2D eigenvalue weighted by molar-refractivity contribution is 5.96. The molecule has 3 aliphatic carbocycles. The lowest BCUT2D eigenvalue weighted by Gasteiger charge is -2.67. The highest BCUT2D eigenvalue weighted by Gasteiger charge is 2.78. The lowest BCUT2D eigenvalue weighted by molar-refractivity contribution is -0.345. The number of carbonyl (C=O) groups is 8. The van der Waals surface area contributed by atoms with Gasteiger partial charge in [-0.05, 0) is 61.7 Å². The molecule has 7 rings (SSSR count). The molecule has 4 aliphatic rings. The molecule has 3 fully saturated rings. The van der Waals surface area contributed by atoms with Gasteiger partial charge in [0.25, 0.3) is 5.91 Å². The summed E-state index contributed by atoms with van der Waals surface area (Å²) in [5.41, 5.74) is -7.35. The van der Waals surface area contributed by atoms with Crippen molar-refractivity contribution in [1.29, 1.82) is 0 Å². The van der Waals surface area contributed by atoms with Crippen LogP contribution < -0.4 is 10.4 Å². The molecule has 12 atom stereocenters. The maximum Gasteiger partial charge on any atom is 0.350 e. The van der Waals surface area contributed by atoms with Gasteiger partial charge in [0.05, 0.1) is 42.0 Å². The van der Waals surface area contributed by atoms with Crippen LogP contribution in [0.2, 0.25) is 0 Å². The molecule has 0 spiro atoms. The zero-order chi connectivity index (χ0) is 51.1. The second-order valence-electron chi connectivity index (χ2n) is 19.3. The molecule has 372 valence electrons. The van der Waals surface area contributed by atoms with Crippen LogP contribution in [0.5, 0.6) is 0 Å². The van der Waals surface area contributed by atoms with Crippen molar-refractivity contribution in [3.05, 3.63) is 119 Å². The van der Waals surface area contributed by atoms with Crippen LogP contribution in [0.15, 0.2) is 102 Å². The van der Waals surface area contributed by atoms with Gasteiger partial charge in [0.15, 0.2) is 5.60 Å². The Hall–Kier alpha value is -6.60. The Bertz CT molecular complexity index is 2580. The number of carboxylic acids is 1. The number of hydrogen-bond donors (Lipinski definition) is 4. The number of hydrogen-bond acceptors (Lipinski definition) is 17. The fraction of sp³-hybridized carbons (Fsp3) is 0.462. The van der Waals surface area contributed by atoms with Gasteiger partial charge in [-0.2, -0.15) is 0 Å². The Kier molecular flexibility index (Phi) is 14.4. The molecule has 0 unspecified atom stereocenters. The predicted molar refractivity (Wildman–Crippen MR) is 240 cm³/mol. The molecule has 3 aromatic carbocycles. The van der Waals surface area contributed by atoms with E-state index in [1.165, 1.54) is 57.2 Å². The van der Waals surface area contributed by atoms with Crippen LogP contribution in [-0.4, -0.2) is 117 Å². The molecule has 1 aliphatic heterocycles. The summed E-state index contributed by atoms with van der Waals surface area (Å²) in [6.45, 7) is 8.12. The lowest BCUT2D eigenvalue weighted by atomic mass is 9.43. The van der Waals surface area contributed by atoms with Crippen LogP contribution in [0.25, 0.3) is 0 Å². The van der Waals surface area contributed by atoms with Gasteiger partial charge in [-0.1, -0.05) is 80.6 Å². The molecule has 18 nitrogen and oxygen atoms in total. The Labute approximate surface area is 403 Å². The van der Waals surface area contributed by atoms with Crippen LogP contribution >= 0.6 is 0 Å². The van der Waals surface area contributed by atoms with Crippen molar-refractivity contribution in [3.8, 4) is 0 Å². The average Bonchev–Trinajstić information content (AvgIpc) is 3.31. The number of aliphatic hydroxyl groups is 3. The summed E-state index contributed by atoms with van der Waals surface area (Å²) in [5, 5.41) is 50.4. The fourth-order valence-electron chi connectivity index (χ4n) is 11.2. The monoisotopic (exact) mass is 966 g/mol. The van der Waals surface area contributed by atoms with Gasteiger partial charge >= 0.3 is 23.9 Å². The number of ketones is 2. The SMILES string of the molecule is CC(=O)C[C@H]1C(=O)[C@@]2(C)[C@H]([C@H](OC(=O)c3ccccc3)[C@]3(O)C[C@H](OC(=O)[C@H](OC(=O)C[C@H](O)C(=O)[O-])[C@@H](NC(=O)c4ccccc4)c4ccccc4)C(C)=C1C3(C)C)[C@]1(OC(C)=O)CO[C@@H]1C[C@@H]2O. The zero-order valence-corrected chi connectivity index (χ0v) is 39.4. The average molecular weight is 967 g/mol. The summed E-state index contributed by atoms with van der Waals surface area (Å²) in [6.07, 6.45) is -13.2. The van der Waals surface area contributed by atoms with Crippen molar-refractivity contribution in [2.75, 3.05) is 6.61 Å². The van der Waals surface area contributed by atoms with E-state index in [9.17, 15) is 49.2 Å². The van der Waals surface area contributed by atoms with Crippen molar-refractivity contribution in [2.45, 2.75) is 121 Å². The number of carboxylic acid groups (broad SMARTS) is 1. The number of nitrogens with one attached hydrogen (secondary N) is 1. The molecule has 2 saturated carbocycles. The summed E-state index contributed by atoms with van der Waals surface area (Å²) in [4.78, 5) is 111. The quantitative estimate of drug-likeness (QED) is 0.0967. The molecule has 3 aromatic rings. The van der Waals surface area contributed by atoms with E-state index >= 15 is 9.59 Å². The second kappa shape index (κ2) is 19.7. The molecular formula is C52H56NO17-. The van der Waals surface area contributed by atoms with Crippen LogP contribution in [-0.2, 0) is 52.5 Å².